The third-order valence-corrected chi connectivity index (χ3v) is 4.60. The fourth-order valence-corrected chi connectivity index (χ4v) is 3.03. The number of para-hydroxylation sites is 1. The smallest absolute Gasteiger partial charge is 0.332 e. The normalized spacial score (nSPS) is 11.6. The first-order valence-corrected chi connectivity index (χ1v) is 9.94. The van der Waals surface area contributed by atoms with E-state index in [9.17, 15) is 24.0 Å². The van der Waals surface area contributed by atoms with Gasteiger partial charge in [0.05, 0.1) is 11.9 Å². The summed E-state index contributed by atoms with van der Waals surface area (Å²) in [6, 6.07) is 6.09. The van der Waals surface area contributed by atoms with Crippen molar-refractivity contribution in [3.63, 3.8) is 0 Å². The van der Waals surface area contributed by atoms with E-state index in [0.29, 0.717) is 0 Å². The number of ether oxygens (including phenoxy) is 1. The van der Waals surface area contributed by atoms with E-state index in [1.807, 2.05) is 0 Å². The third kappa shape index (κ3) is 5.47. The number of nitrogens with two attached hydrogens (primary N) is 1. The van der Waals surface area contributed by atoms with E-state index in [4.69, 9.17) is 10.5 Å². The van der Waals surface area contributed by atoms with E-state index in [2.05, 4.69) is 25.8 Å². The Balaban J connectivity index is 1.63. The Labute approximate surface area is 196 Å². The zero-order valence-electron chi connectivity index (χ0n) is 18.9. The molecule has 0 atom stereocenters. The number of hydrogen-bond acceptors (Lipinski definition) is 9. The number of benzene rings is 1. The van der Waals surface area contributed by atoms with E-state index in [1.54, 1.807) is 12.1 Å². The van der Waals surface area contributed by atoms with Crippen LogP contribution in [0.25, 0.3) is 11.2 Å². The van der Waals surface area contributed by atoms with Crippen molar-refractivity contribution < 1.29 is 19.1 Å². The summed E-state index contributed by atoms with van der Waals surface area (Å²) < 4.78 is 8.33. The summed E-state index contributed by atoms with van der Waals surface area (Å²) in [7, 11) is 2.77. The van der Waals surface area contributed by atoms with Gasteiger partial charge in [0.15, 0.2) is 11.2 Å². The van der Waals surface area contributed by atoms with Crippen LogP contribution >= 0.6 is 0 Å². The minimum Gasteiger partial charge on any atom is -0.426 e. The molecule has 0 bridgehead atoms. The molecule has 15 nitrogen and oxygen atoms in total. The number of amides is 2. The molecule has 2 aromatic heterocycles. The Morgan fingerprint density at radius 3 is 2.60 bits per heavy atom. The summed E-state index contributed by atoms with van der Waals surface area (Å²) >= 11 is 0. The number of aryl methyl sites for hydroxylation is 1. The van der Waals surface area contributed by atoms with Crippen LogP contribution in [0.3, 0.4) is 0 Å². The highest BCUT2D eigenvalue weighted by atomic mass is 16.5. The molecule has 15 heteroatoms. The van der Waals surface area contributed by atoms with Gasteiger partial charge >= 0.3 is 11.7 Å². The number of guanidine groups is 1. The Morgan fingerprint density at radius 1 is 1.17 bits per heavy atom. The Bertz CT molecular complexity index is 1490. The van der Waals surface area contributed by atoms with Gasteiger partial charge in [-0.3, -0.25) is 33.6 Å². The van der Waals surface area contributed by atoms with Gasteiger partial charge in [-0.25, -0.2) is 9.78 Å². The number of nitrogens with zero attached hydrogens (tertiary/aromatic N) is 6. The van der Waals surface area contributed by atoms with Crippen molar-refractivity contribution >= 4 is 41.2 Å². The number of rotatable bonds is 6. The predicted octanol–water partition coefficient (Wildman–Crippen LogP) is -1.84. The molecule has 0 spiro atoms. The number of carbonyl (C=O) groups is 3. The van der Waals surface area contributed by atoms with Gasteiger partial charge in [-0.2, -0.15) is 0 Å². The van der Waals surface area contributed by atoms with Crippen molar-refractivity contribution in [3.8, 4) is 5.75 Å². The van der Waals surface area contributed by atoms with Crippen LogP contribution in [0.1, 0.15) is 17.3 Å². The topological polar surface area (TPSA) is 197 Å². The lowest BCUT2D eigenvalue weighted by Crippen LogP contribution is -2.40. The van der Waals surface area contributed by atoms with Crippen molar-refractivity contribution in [1.82, 2.24) is 29.3 Å². The van der Waals surface area contributed by atoms with Crippen LogP contribution in [0.15, 0.2) is 50.4 Å². The van der Waals surface area contributed by atoms with Crippen LogP contribution in [0, 0.1) is 0 Å². The second-order valence-electron chi connectivity index (χ2n) is 7.09. The van der Waals surface area contributed by atoms with Crippen LogP contribution in [-0.4, -0.2) is 48.8 Å². The van der Waals surface area contributed by atoms with E-state index < -0.39 is 29.0 Å². The lowest BCUT2D eigenvalue weighted by atomic mass is 10.2. The standard InChI is InChI=1S/C20H21N9O6/c1-11(30)35-13-7-5-4-6-12(13)17(32)22-9-24-26-19(21)25-14(31)8-29-10-23-16-15(29)18(33)28(3)20(34)27(16)2/h4-7,9-10H,8H2,1-3H3,(H,22,24,32)(H3,21,25,26,31). The van der Waals surface area contributed by atoms with Gasteiger partial charge < -0.3 is 20.4 Å². The minimum atomic E-state index is -0.643. The van der Waals surface area contributed by atoms with E-state index >= 15 is 0 Å². The highest BCUT2D eigenvalue weighted by molar-refractivity contribution is 6.03. The van der Waals surface area contributed by atoms with Crippen LogP contribution in [0.2, 0.25) is 0 Å². The molecule has 1 aromatic carbocycles. The minimum absolute atomic E-state index is 0.0648. The highest BCUT2D eigenvalue weighted by Gasteiger charge is 2.16. The molecular formula is C20H21N9O6. The van der Waals surface area contributed by atoms with Gasteiger partial charge in [-0.05, 0) is 12.1 Å². The largest absolute Gasteiger partial charge is 0.426 e. The first kappa shape index (κ1) is 24.6. The van der Waals surface area contributed by atoms with Crippen molar-refractivity contribution in [1.29, 1.82) is 0 Å². The van der Waals surface area contributed by atoms with Crippen LogP contribution in [-0.2, 0) is 30.2 Å². The maximum atomic E-state index is 12.4. The Morgan fingerprint density at radius 2 is 1.89 bits per heavy atom. The molecular weight excluding hydrogens is 462 g/mol. The van der Waals surface area contributed by atoms with Gasteiger partial charge in [0, 0.05) is 21.0 Å². The zero-order valence-corrected chi connectivity index (χ0v) is 18.9. The van der Waals surface area contributed by atoms with Gasteiger partial charge in [0.2, 0.25) is 11.9 Å². The number of imidazole rings is 1. The molecule has 0 radical (unpaired) electrons. The quantitative estimate of drug-likeness (QED) is 0.119. The molecule has 3 rings (SSSR count). The molecule has 35 heavy (non-hydrogen) atoms. The van der Waals surface area contributed by atoms with Gasteiger partial charge in [0.25, 0.3) is 11.5 Å². The predicted molar refractivity (Wildman–Crippen MR) is 124 cm³/mol. The van der Waals surface area contributed by atoms with Crippen molar-refractivity contribution in [2.24, 2.45) is 30.0 Å². The Kier molecular flexibility index (Phi) is 7.19. The van der Waals surface area contributed by atoms with Crippen molar-refractivity contribution in [2.75, 3.05) is 0 Å². The number of carbonyl (C=O) groups excluding carboxylic acids is 3. The highest BCUT2D eigenvalue weighted by Crippen LogP contribution is 2.17. The second kappa shape index (κ2) is 10.2. The van der Waals surface area contributed by atoms with Crippen molar-refractivity contribution in [2.45, 2.75) is 13.5 Å². The summed E-state index contributed by atoms with van der Waals surface area (Å²) in [5, 5.41) is 11.7. The average Bonchev–Trinajstić information content (AvgIpc) is 3.22. The van der Waals surface area contributed by atoms with Crippen LogP contribution < -0.4 is 32.4 Å². The summed E-state index contributed by atoms with van der Waals surface area (Å²) in [6.07, 6.45) is 2.18. The van der Waals surface area contributed by atoms with E-state index in [1.165, 1.54) is 48.6 Å². The molecule has 0 aliphatic carbocycles. The number of nitrogens with one attached hydrogen (secondary N) is 2. The molecule has 182 valence electrons. The average molecular weight is 483 g/mol. The van der Waals surface area contributed by atoms with E-state index in [-0.39, 0.29) is 35.0 Å². The number of hydrogen-bond donors (Lipinski definition) is 3. The first-order valence-electron chi connectivity index (χ1n) is 9.94. The van der Waals surface area contributed by atoms with Crippen LogP contribution in [0.4, 0.5) is 0 Å². The summed E-state index contributed by atoms with van der Waals surface area (Å²) in [6.45, 7) is 0.868. The zero-order chi connectivity index (χ0) is 25.7. The van der Waals surface area contributed by atoms with Gasteiger partial charge in [0.1, 0.15) is 18.6 Å². The maximum Gasteiger partial charge on any atom is 0.332 e. The fraction of sp³-hybridized carbons (Fsp3) is 0.200. The van der Waals surface area contributed by atoms with Crippen LogP contribution in [0.5, 0.6) is 5.75 Å². The summed E-state index contributed by atoms with van der Waals surface area (Å²) in [4.78, 5) is 64.1. The lowest BCUT2D eigenvalue weighted by Gasteiger charge is -2.07. The number of aromatic nitrogens is 4. The number of esters is 1. The third-order valence-electron chi connectivity index (χ3n) is 4.60. The number of fused-ring (bicyclic) bond motifs is 1. The second-order valence-corrected chi connectivity index (χ2v) is 7.09. The first-order chi connectivity index (χ1) is 16.6. The molecule has 0 aliphatic heterocycles. The fourth-order valence-electron chi connectivity index (χ4n) is 3.03. The molecule has 3 aromatic rings. The molecule has 4 N–H and O–H groups in total. The molecule has 2 amide bonds. The lowest BCUT2D eigenvalue weighted by molar-refractivity contribution is -0.131. The molecule has 0 fully saturated rings. The Hall–Kier alpha value is -5.08. The summed E-state index contributed by atoms with van der Waals surface area (Å²) in [5.74, 6) is -2.16. The SMILES string of the molecule is CC(=O)Oc1ccccc1C(=O)N/C=N/N=C(N)NC(=O)Cn1cnc2c1c(=O)n(C)c(=O)n2C. The molecule has 0 saturated heterocycles. The molecule has 0 unspecified atom stereocenters. The molecule has 2 heterocycles. The van der Waals surface area contributed by atoms with Gasteiger partial charge in [-0.1, -0.05) is 12.1 Å². The molecule has 0 aliphatic rings. The monoisotopic (exact) mass is 483 g/mol. The molecule has 0 saturated carbocycles. The van der Waals surface area contributed by atoms with E-state index in [0.717, 1.165) is 10.9 Å². The van der Waals surface area contributed by atoms with Gasteiger partial charge in [-0.15, -0.1) is 10.2 Å². The summed E-state index contributed by atoms with van der Waals surface area (Å²) in [5.41, 5.74) is 4.75. The van der Waals surface area contributed by atoms with Crippen molar-refractivity contribution in [3.05, 3.63) is 57.0 Å². The maximum absolute atomic E-state index is 12.4.